The summed E-state index contributed by atoms with van der Waals surface area (Å²) in [6.07, 6.45) is 0. The van der Waals surface area contributed by atoms with E-state index in [1.165, 1.54) is 37.7 Å². The van der Waals surface area contributed by atoms with Crippen LogP contribution in [0.5, 0.6) is 0 Å². The first kappa shape index (κ1) is 24.6. The van der Waals surface area contributed by atoms with Gasteiger partial charge in [0.25, 0.3) is 0 Å². The Kier molecular flexibility index (Phi) is 5.50. The summed E-state index contributed by atoms with van der Waals surface area (Å²) in [5, 5.41) is 12.0. The highest BCUT2D eigenvalue weighted by molar-refractivity contribution is 6.27. The third-order valence-corrected chi connectivity index (χ3v) is 8.66. The van der Waals surface area contributed by atoms with Gasteiger partial charge in [0.15, 0.2) is 17.5 Å². The fourth-order valence-corrected chi connectivity index (χ4v) is 6.54. The van der Waals surface area contributed by atoms with Crippen LogP contribution in [0.15, 0.2) is 152 Å². The van der Waals surface area contributed by atoms with E-state index in [4.69, 9.17) is 15.0 Å². The molecule has 44 heavy (non-hydrogen) atoms. The SMILES string of the molecule is c1ccc(-c2nc(-c3ccc4ccccc4c3)nc(-c3cc4ccccc4c4c3ccc3c5ccccc5ccc34)n2)cc1. The molecule has 3 nitrogen and oxygen atoms in total. The van der Waals surface area contributed by atoms with Gasteiger partial charge in [-0.3, -0.25) is 0 Å². The van der Waals surface area contributed by atoms with Crippen LogP contribution in [0.1, 0.15) is 0 Å². The smallest absolute Gasteiger partial charge is 0.164 e. The van der Waals surface area contributed by atoms with E-state index in [9.17, 15) is 0 Å². The van der Waals surface area contributed by atoms with Crippen molar-refractivity contribution in [3.05, 3.63) is 152 Å². The molecule has 0 bridgehead atoms. The average Bonchev–Trinajstić information content (AvgIpc) is 3.10. The number of rotatable bonds is 3. The molecule has 9 aromatic rings. The minimum absolute atomic E-state index is 0.659. The number of benzene rings is 8. The largest absolute Gasteiger partial charge is 0.208 e. The molecule has 0 aliphatic carbocycles. The maximum absolute atomic E-state index is 5.17. The Bertz CT molecular complexity index is 2550. The van der Waals surface area contributed by atoms with E-state index in [0.29, 0.717) is 17.5 Å². The lowest BCUT2D eigenvalue weighted by Gasteiger charge is -2.15. The van der Waals surface area contributed by atoms with Gasteiger partial charge >= 0.3 is 0 Å². The van der Waals surface area contributed by atoms with Crippen molar-refractivity contribution in [1.29, 1.82) is 0 Å². The van der Waals surface area contributed by atoms with Crippen LogP contribution in [-0.4, -0.2) is 15.0 Å². The van der Waals surface area contributed by atoms with Gasteiger partial charge in [-0.2, -0.15) is 0 Å². The third kappa shape index (κ3) is 3.94. The van der Waals surface area contributed by atoms with E-state index in [1.807, 2.05) is 18.2 Å². The van der Waals surface area contributed by atoms with Crippen molar-refractivity contribution in [2.75, 3.05) is 0 Å². The van der Waals surface area contributed by atoms with Crippen molar-refractivity contribution in [2.45, 2.75) is 0 Å². The first-order valence-electron chi connectivity index (χ1n) is 14.9. The zero-order valence-electron chi connectivity index (χ0n) is 23.8. The minimum Gasteiger partial charge on any atom is -0.208 e. The van der Waals surface area contributed by atoms with Crippen LogP contribution in [0.4, 0.5) is 0 Å². The van der Waals surface area contributed by atoms with Crippen molar-refractivity contribution in [3.63, 3.8) is 0 Å². The van der Waals surface area contributed by atoms with E-state index in [2.05, 4.69) is 133 Å². The van der Waals surface area contributed by atoms with Crippen LogP contribution in [-0.2, 0) is 0 Å². The number of hydrogen-bond donors (Lipinski definition) is 0. The summed E-state index contributed by atoms with van der Waals surface area (Å²) in [5.41, 5.74) is 2.92. The van der Waals surface area contributed by atoms with Crippen LogP contribution in [0.25, 0.3) is 88.0 Å². The average molecular weight is 560 g/mol. The van der Waals surface area contributed by atoms with E-state index in [-0.39, 0.29) is 0 Å². The molecule has 0 saturated heterocycles. The number of aromatic nitrogens is 3. The van der Waals surface area contributed by atoms with Gasteiger partial charge in [0.1, 0.15) is 0 Å². The highest BCUT2D eigenvalue weighted by atomic mass is 15.0. The lowest BCUT2D eigenvalue weighted by molar-refractivity contribution is 1.08. The summed E-state index contributed by atoms with van der Waals surface area (Å²) in [6, 6.07) is 53.4. The topological polar surface area (TPSA) is 38.7 Å². The van der Waals surface area contributed by atoms with Crippen LogP contribution < -0.4 is 0 Å². The highest BCUT2D eigenvalue weighted by Crippen LogP contribution is 2.40. The molecule has 3 heteroatoms. The fourth-order valence-electron chi connectivity index (χ4n) is 6.54. The summed E-state index contributed by atoms with van der Waals surface area (Å²) in [5.74, 6) is 1.98. The molecule has 0 fully saturated rings. The zero-order valence-corrected chi connectivity index (χ0v) is 23.8. The lowest BCUT2D eigenvalue weighted by Crippen LogP contribution is -2.01. The van der Waals surface area contributed by atoms with Gasteiger partial charge in [0.2, 0.25) is 0 Å². The summed E-state index contributed by atoms with van der Waals surface area (Å²) >= 11 is 0. The van der Waals surface area contributed by atoms with Gasteiger partial charge in [0, 0.05) is 16.7 Å². The predicted octanol–water partition coefficient (Wildman–Crippen LogP) is 10.6. The van der Waals surface area contributed by atoms with Crippen molar-refractivity contribution in [2.24, 2.45) is 0 Å². The second kappa shape index (κ2) is 9.82. The Balaban J connectivity index is 1.37. The van der Waals surface area contributed by atoms with Gasteiger partial charge in [-0.1, -0.05) is 140 Å². The van der Waals surface area contributed by atoms with E-state index < -0.39 is 0 Å². The van der Waals surface area contributed by atoms with Crippen LogP contribution >= 0.6 is 0 Å². The summed E-state index contributed by atoms with van der Waals surface area (Å²) in [7, 11) is 0. The Morgan fingerprint density at radius 1 is 0.295 bits per heavy atom. The standard InChI is InChI=1S/C41H25N3/c1-2-12-28(13-3-1)39-42-40(31-19-18-26-10-4-5-14-29(26)24-31)44-41(43-39)37-25-30-15-7-9-17-33(30)38-35-21-20-27-11-6-8-16-32(27)34(35)22-23-36(37)38/h1-25H. The van der Waals surface area contributed by atoms with Gasteiger partial charge in [0.05, 0.1) is 0 Å². The molecule has 0 amide bonds. The molecule has 0 spiro atoms. The minimum atomic E-state index is 0.659. The van der Waals surface area contributed by atoms with Crippen LogP contribution in [0.2, 0.25) is 0 Å². The molecule has 0 saturated carbocycles. The molecule has 1 aromatic heterocycles. The van der Waals surface area contributed by atoms with Crippen LogP contribution in [0, 0.1) is 0 Å². The molecule has 0 unspecified atom stereocenters. The maximum atomic E-state index is 5.17. The second-order valence-corrected chi connectivity index (χ2v) is 11.2. The highest BCUT2D eigenvalue weighted by Gasteiger charge is 2.18. The quantitative estimate of drug-likeness (QED) is 0.202. The molecule has 204 valence electrons. The first-order chi connectivity index (χ1) is 21.8. The van der Waals surface area contributed by atoms with Crippen molar-refractivity contribution < 1.29 is 0 Å². The molecule has 0 N–H and O–H groups in total. The molecule has 8 aromatic carbocycles. The van der Waals surface area contributed by atoms with E-state index in [0.717, 1.165) is 32.8 Å². The Labute approximate surface area is 254 Å². The monoisotopic (exact) mass is 559 g/mol. The summed E-state index contributed by atoms with van der Waals surface area (Å²) in [4.78, 5) is 15.3. The molecule has 9 rings (SSSR count). The van der Waals surface area contributed by atoms with Gasteiger partial charge in [-0.15, -0.1) is 0 Å². The Morgan fingerprint density at radius 3 is 1.73 bits per heavy atom. The van der Waals surface area contributed by atoms with Crippen LogP contribution in [0.3, 0.4) is 0 Å². The van der Waals surface area contributed by atoms with Crippen molar-refractivity contribution in [3.8, 4) is 34.2 Å². The number of hydrogen-bond acceptors (Lipinski definition) is 3. The molecule has 0 aliphatic rings. The second-order valence-electron chi connectivity index (χ2n) is 11.2. The Hall–Kier alpha value is -5.93. The zero-order chi connectivity index (χ0) is 29.0. The summed E-state index contributed by atoms with van der Waals surface area (Å²) in [6.45, 7) is 0. The molecule has 0 radical (unpaired) electrons. The number of nitrogens with zero attached hydrogens (tertiary/aromatic N) is 3. The fraction of sp³-hybridized carbons (Fsp3) is 0. The molecular weight excluding hydrogens is 534 g/mol. The van der Waals surface area contributed by atoms with Crippen molar-refractivity contribution in [1.82, 2.24) is 15.0 Å². The molecular formula is C41H25N3. The Morgan fingerprint density at radius 2 is 0.886 bits per heavy atom. The van der Waals surface area contributed by atoms with Gasteiger partial charge in [-0.25, -0.2) is 15.0 Å². The first-order valence-corrected chi connectivity index (χ1v) is 14.9. The molecule has 0 atom stereocenters. The molecule has 1 heterocycles. The van der Waals surface area contributed by atoms with E-state index in [1.54, 1.807) is 0 Å². The molecule has 0 aliphatic heterocycles. The third-order valence-electron chi connectivity index (χ3n) is 8.66. The number of fused-ring (bicyclic) bond motifs is 8. The normalized spacial score (nSPS) is 11.6. The van der Waals surface area contributed by atoms with Crippen molar-refractivity contribution >= 4 is 53.9 Å². The van der Waals surface area contributed by atoms with E-state index >= 15 is 0 Å². The van der Waals surface area contributed by atoms with Gasteiger partial charge in [-0.05, 0) is 66.0 Å². The van der Waals surface area contributed by atoms with Gasteiger partial charge < -0.3 is 0 Å². The summed E-state index contributed by atoms with van der Waals surface area (Å²) < 4.78 is 0. The predicted molar refractivity (Wildman–Crippen MR) is 184 cm³/mol. The lowest BCUT2D eigenvalue weighted by atomic mass is 9.91. The maximum Gasteiger partial charge on any atom is 0.164 e.